The number of aryl methyl sites for hydroxylation is 1. The molecule has 2 aliphatic rings. The third kappa shape index (κ3) is 3.37. The number of rotatable bonds is 3. The van der Waals surface area contributed by atoms with E-state index >= 15 is 0 Å². The SMILES string of the molecule is Cc1cc(C(NN)C2CCOC3(CCCCC3)C2)sc1Br. The van der Waals surface area contributed by atoms with E-state index in [1.165, 1.54) is 46.3 Å². The molecule has 1 aliphatic heterocycles. The van der Waals surface area contributed by atoms with Gasteiger partial charge in [-0.05, 0) is 66.1 Å². The number of hydrazine groups is 1. The van der Waals surface area contributed by atoms with Crippen molar-refractivity contribution in [1.82, 2.24) is 5.43 Å². The monoisotopic (exact) mass is 372 g/mol. The smallest absolute Gasteiger partial charge is 0.0731 e. The Labute approximate surface area is 139 Å². The van der Waals surface area contributed by atoms with Gasteiger partial charge in [0.15, 0.2) is 0 Å². The van der Waals surface area contributed by atoms with Gasteiger partial charge in [-0.15, -0.1) is 11.3 Å². The normalized spacial score (nSPS) is 26.9. The first-order valence-electron chi connectivity index (χ1n) is 7.99. The van der Waals surface area contributed by atoms with Crippen LogP contribution in [0.5, 0.6) is 0 Å². The molecule has 3 N–H and O–H groups in total. The number of nitrogens with one attached hydrogen (secondary N) is 1. The molecule has 1 aromatic rings. The molecule has 0 bridgehead atoms. The molecule has 0 amide bonds. The summed E-state index contributed by atoms with van der Waals surface area (Å²) >= 11 is 5.44. The van der Waals surface area contributed by atoms with Gasteiger partial charge in [0.2, 0.25) is 0 Å². The highest BCUT2D eigenvalue weighted by Crippen LogP contribution is 2.45. The lowest BCUT2D eigenvalue weighted by molar-refractivity contribution is -0.122. The van der Waals surface area contributed by atoms with Crippen LogP contribution in [0.2, 0.25) is 0 Å². The van der Waals surface area contributed by atoms with Gasteiger partial charge >= 0.3 is 0 Å². The van der Waals surface area contributed by atoms with Gasteiger partial charge in [0.1, 0.15) is 0 Å². The number of hydrogen-bond acceptors (Lipinski definition) is 4. The molecule has 1 spiro atoms. The van der Waals surface area contributed by atoms with Crippen molar-refractivity contribution in [2.24, 2.45) is 11.8 Å². The van der Waals surface area contributed by atoms with Crippen molar-refractivity contribution in [3.63, 3.8) is 0 Å². The molecule has 1 saturated carbocycles. The molecule has 1 aliphatic carbocycles. The van der Waals surface area contributed by atoms with Gasteiger partial charge < -0.3 is 4.74 Å². The van der Waals surface area contributed by atoms with Crippen LogP contribution in [0.4, 0.5) is 0 Å². The van der Waals surface area contributed by atoms with Crippen molar-refractivity contribution in [2.45, 2.75) is 63.5 Å². The molecule has 2 fully saturated rings. The van der Waals surface area contributed by atoms with Gasteiger partial charge in [-0.25, -0.2) is 0 Å². The maximum Gasteiger partial charge on any atom is 0.0731 e. The quantitative estimate of drug-likeness (QED) is 0.608. The van der Waals surface area contributed by atoms with E-state index in [1.54, 1.807) is 0 Å². The molecule has 5 heteroatoms. The first kappa shape index (κ1) is 15.9. The second-order valence-corrected chi connectivity index (χ2v) is 9.00. The highest BCUT2D eigenvalue weighted by molar-refractivity contribution is 9.11. The summed E-state index contributed by atoms with van der Waals surface area (Å²) in [6, 6.07) is 2.52. The number of hydrogen-bond donors (Lipinski definition) is 2. The Balaban J connectivity index is 1.77. The number of halogens is 1. The Kier molecular flexibility index (Phi) is 5.06. The summed E-state index contributed by atoms with van der Waals surface area (Å²) in [6.45, 7) is 3.03. The van der Waals surface area contributed by atoms with Crippen LogP contribution in [0, 0.1) is 12.8 Å². The van der Waals surface area contributed by atoms with Crippen LogP contribution in [0.3, 0.4) is 0 Å². The average molecular weight is 373 g/mol. The van der Waals surface area contributed by atoms with Crippen LogP contribution >= 0.6 is 27.3 Å². The fourth-order valence-electron chi connectivity index (χ4n) is 3.98. The fourth-order valence-corrected chi connectivity index (χ4v) is 5.71. The zero-order valence-electron chi connectivity index (χ0n) is 12.7. The molecule has 1 saturated heterocycles. The molecule has 2 atom stereocenters. The maximum absolute atomic E-state index is 6.22. The Morgan fingerprint density at radius 2 is 2.19 bits per heavy atom. The van der Waals surface area contributed by atoms with Crippen LogP contribution < -0.4 is 11.3 Å². The summed E-state index contributed by atoms with van der Waals surface area (Å²) in [4.78, 5) is 1.35. The van der Waals surface area contributed by atoms with E-state index < -0.39 is 0 Å². The third-order valence-corrected chi connectivity index (χ3v) is 7.35. The lowest BCUT2D eigenvalue weighted by Crippen LogP contribution is -2.45. The lowest BCUT2D eigenvalue weighted by atomic mass is 9.74. The first-order valence-corrected chi connectivity index (χ1v) is 9.60. The number of thiophene rings is 1. The second-order valence-electron chi connectivity index (χ2n) is 6.59. The molecule has 1 aromatic heterocycles. The Hall–Kier alpha value is 0.0600. The molecule has 21 heavy (non-hydrogen) atoms. The Morgan fingerprint density at radius 1 is 1.43 bits per heavy atom. The molecule has 0 radical (unpaired) electrons. The third-order valence-electron chi connectivity index (χ3n) is 5.13. The Morgan fingerprint density at radius 3 is 2.81 bits per heavy atom. The lowest BCUT2D eigenvalue weighted by Gasteiger charge is -2.45. The van der Waals surface area contributed by atoms with Crippen molar-refractivity contribution in [3.8, 4) is 0 Å². The zero-order chi connectivity index (χ0) is 14.9. The van der Waals surface area contributed by atoms with Crippen LogP contribution in [0.1, 0.15) is 61.4 Å². The van der Waals surface area contributed by atoms with Crippen molar-refractivity contribution in [3.05, 3.63) is 20.3 Å². The minimum atomic E-state index is 0.139. The van der Waals surface area contributed by atoms with E-state index in [0.717, 1.165) is 19.4 Å². The highest BCUT2D eigenvalue weighted by Gasteiger charge is 2.41. The molecular weight excluding hydrogens is 348 g/mol. The van der Waals surface area contributed by atoms with Crippen molar-refractivity contribution < 1.29 is 4.74 Å². The van der Waals surface area contributed by atoms with Gasteiger partial charge in [-0.1, -0.05) is 19.3 Å². The molecular formula is C16H25BrN2OS. The van der Waals surface area contributed by atoms with E-state index in [-0.39, 0.29) is 11.6 Å². The second kappa shape index (κ2) is 6.67. The highest BCUT2D eigenvalue weighted by atomic mass is 79.9. The molecule has 118 valence electrons. The van der Waals surface area contributed by atoms with Crippen LogP contribution in [0.15, 0.2) is 9.85 Å². The summed E-state index contributed by atoms with van der Waals surface area (Å²) in [5, 5.41) is 0. The summed E-state index contributed by atoms with van der Waals surface area (Å²) in [7, 11) is 0. The number of nitrogens with two attached hydrogens (primary N) is 1. The van der Waals surface area contributed by atoms with E-state index in [0.29, 0.717) is 5.92 Å². The fraction of sp³-hybridized carbons (Fsp3) is 0.750. The molecule has 3 nitrogen and oxygen atoms in total. The summed E-state index contributed by atoms with van der Waals surface area (Å²) < 4.78 is 7.44. The molecule has 2 heterocycles. The van der Waals surface area contributed by atoms with E-state index in [4.69, 9.17) is 10.6 Å². The summed E-state index contributed by atoms with van der Waals surface area (Å²) in [5.74, 6) is 6.49. The molecule has 2 unspecified atom stereocenters. The Bertz CT molecular complexity index is 460. The van der Waals surface area contributed by atoms with Crippen molar-refractivity contribution >= 4 is 27.3 Å². The van der Waals surface area contributed by atoms with Crippen LogP contribution in [0.25, 0.3) is 0 Å². The zero-order valence-corrected chi connectivity index (χ0v) is 15.1. The van der Waals surface area contributed by atoms with Crippen molar-refractivity contribution in [1.29, 1.82) is 0 Å². The topological polar surface area (TPSA) is 47.3 Å². The summed E-state index contributed by atoms with van der Waals surface area (Å²) in [6.07, 6.45) is 8.71. The minimum absolute atomic E-state index is 0.139. The van der Waals surface area contributed by atoms with Gasteiger partial charge in [-0.2, -0.15) is 0 Å². The summed E-state index contributed by atoms with van der Waals surface area (Å²) in [5.41, 5.74) is 4.52. The number of ether oxygens (including phenoxy) is 1. The molecule has 0 aromatic carbocycles. The first-order chi connectivity index (χ1) is 10.1. The van der Waals surface area contributed by atoms with Crippen LogP contribution in [-0.2, 0) is 4.74 Å². The van der Waals surface area contributed by atoms with Gasteiger partial charge in [0.25, 0.3) is 0 Å². The van der Waals surface area contributed by atoms with Gasteiger partial charge in [-0.3, -0.25) is 11.3 Å². The van der Waals surface area contributed by atoms with Gasteiger partial charge in [0, 0.05) is 11.5 Å². The predicted molar refractivity (Wildman–Crippen MR) is 91.3 cm³/mol. The largest absolute Gasteiger partial charge is 0.375 e. The van der Waals surface area contributed by atoms with E-state index in [1.807, 2.05) is 11.3 Å². The predicted octanol–water partition coefficient (Wildman–Crippen LogP) is 4.45. The van der Waals surface area contributed by atoms with Crippen LogP contribution in [-0.4, -0.2) is 12.2 Å². The molecule has 3 rings (SSSR count). The maximum atomic E-state index is 6.22. The van der Waals surface area contributed by atoms with E-state index in [9.17, 15) is 0 Å². The van der Waals surface area contributed by atoms with Gasteiger partial charge in [0.05, 0.1) is 15.4 Å². The van der Waals surface area contributed by atoms with E-state index in [2.05, 4.69) is 34.3 Å². The minimum Gasteiger partial charge on any atom is -0.375 e. The average Bonchev–Trinajstić information content (AvgIpc) is 2.80. The van der Waals surface area contributed by atoms with Crippen molar-refractivity contribution in [2.75, 3.05) is 6.61 Å². The standard InChI is InChI=1S/C16H25BrN2OS/c1-11-9-13(21-15(11)17)14(19-18)12-5-8-20-16(10-12)6-3-2-4-7-16/h9,12,14,19H,2-8,10,18H2,1H3.